The lowest BCUT2D eigenvalue weighted by atomic mass is 10.1. The average Bonchev–Trinajstić information content (AvgIpc) is 3.48. The summed E-state index contributed by atoms with van der Waals surface area (Å²) < 4.78 is 16.4. The number of ether oxygens (including phenoxy) is 2. The van der Waals surface area contributed by atoms with Gasteiger partial charge in [0.25, 0.3) is 0 Å². The highest BCUT2D eigenvalue weighted by atomic mass is 16.5. The lowest BCUT2D eigenvalue weighted by Gasteiger charge is -2.24. The Hall–Kier alpha value is -2.67. The van der Waals surface area contributed by atoms with E-state index in [1.54, 1.807) is 20.5 Å². The number of rotatable bonds is 10. The van der Waals surface area contributed by atoms with Gasteiger partial charge in [-0.3, -0.25) is 9.89 Å². The molecule has 0 saturated carbocycles. The SMILES string of the molecule is CCNC(=NCC(c1ccco1)N1CCCC1)NCCc1ccc(OC)c(OC)c1. The van der Waals surface area contributed by atoms with Gasteiger partial charge in [0.15, 0.2) is 17.5 Å². The molecule has 1 saturated heterocycles. The molecule has 1 fully saturated rings. The van der Waals surface area contributed by atoms with Crippen LogP contribution in [0.3, 0.4) is 0 Å². The summed E-state index contributed by atoms with van der Waals surface area (Å²) in [7, 11) is 3.31. The van der Waals surface area contributed by atoms with Crippen molar-refractivity contribution in [2.75, 3.05) is 46.9 Å². The number of nitrogens with zero attached hydrogens (tertiary/aromatic N) is 2. The van der Waals surface area contributed by atoms with Crippen LogP contribution in [-0.4, -0.2) is 57.8 Å². The molecular weight excluding hydrogens is 380 g/mol. The third-order valence-corrected chi connectivity index (χ3v) is 5.37. The number of guanidine groups is 1. The number of aliphatic imine (C=N–C) groups is 1. The van der Waals surface area contributed by atoms with Gasteiger partial charge in [-0.1, -0.05) is 6.07 Å². The predicted octanol–water partition coefficient (Wildman–Crippen LogP) is 3.23. The van der Waals surface area contributed by atoms with Crippen LogP contribution in [0.5, 0.6) is 11.5 Å². The van der Waals surface area contributed by atoms with Crippen LogP contribution in [0.2, 0.25) is 0 Å². The second-order valence-electron chi connectivity index (χ2n) is 7.36. The van der Waals surface area contributed by atoms with Crippen molar-refractivity contribution in [2.45, 2.75) is 32.2 Å². The number of hydrogen-bond acceptors (Lipinski definition) is 5. The predicted molar refractivity (Wildman–Crippen MR) is 119 cm³/mol. The topological polar surface area (TPSA) is 71.3 Å². The molecule has 2 N–H and O–H groups in total. The molecule has 0 bridgehead atoms. The Balaban J connectivity index is 1.59. The van der Waals surface area contributed by atoms with E-state index in [-0.39, 0.29) is 6.04 Å². The van der Waals surface area contributed by atoms with E-state index < -0.39 is 0 Å². The Bertz CT molecular complexity index is 786. The van der Waals surface area contributed by atoms with Crippen LogP contribution in [0.15, 0.2) is 46.0 Å². The van der Waals surface area contributed by atoms with Gasteiger partial charge in [0.2, 0.25) is 0 Å². The highest BCUT2D eigenvalue weighted by Gasteiger charge is 2.25. The van der Waals surface area contributed by atoms with Crippen LogP contribution >= 0.6 is 0 Å². The highest BCUT2D eigenvalue weighted by Crippen LogP contribution is 2.28. The summed E-state index contributed by atoms with van der Waals surface area (Å²) in [6, 6.07) is 10.2. The number of furan rings is 1. The molecule has 7 nitrogen and oxygen atoms in total. The minimum Gasteiger partial charge on any atom is -0.493 e. The van der Waals surface area contributed by atoms with E-state index in [1.165, 1.54) is 18.4 Å². The molecule has 0 aliphatic carbocycles. The largest absolute Gasteiger partial charge is 0.493 e. The van der Waals surface area contributed by atoms with Crippen molar-refractivity contribution >= 4 is 5.96 Å². The van der Waals surface area contributed by atoms with Gasteiger partial charge in [0.1, 0.15) is 5.76 Å². The molecular formula is C23H34N4O3. The minimum absolute atomic E-state index is 0.184. The molecule has 30 heavy (non-hydrogen) atoms. The van der Waals surface area contributed by atoms with E-state index in [2.05, 4.69) is 34.6 Å². The summed E-state index contributed by atoms with van der Waals surface area (Å²) in [6.45, 7) is 6.54. The van der Waals surface area contributed by atoms with Crippen molar-refractivity contribution in [3.8, 4) is 11.5 Å². The minimum atomic E-state index is 0.184. The van der Waals surface area contributed by atoms with Gasteiger partial charge in [0.05, 0.1) is 33.1 Å². The maximum Gasteiger partial charge on any atom is 0.191 e. The molecule has 1 aromatic heterocycles. The van der Waals surface area contributed by atoms with Crippen LogP contribution in [0.25, 0.3) is 0 Å². The van der Waals surface area contributed by atoms with Gasteiger partial charge in [-0.05, 0) is 69.1 Å². The van der Waals surface area contributed by atoms with E-state index in [1.807, 2.05) is 18.2 Å². The van der Waals surface area contributed by atoms with Gasteiger partial charge >= 0.3 is 0 Å². The Kier molecular flexibility index (Phi) is 8.44. The number of hydrogen-bond donors (Lipinski definition) is 2. The van der Waals surface area contributed by atoms with Gasteiger partial charge in [-0.2, -0.15) is 0 Å². The first-order valence-corrected chi connectivity index (χ1v) is 10.8. The fraction of sp³-hybridized carbons (Fsp3) is 0.522. The number of nitrogens with one attached hydrogen (secondary N) is 2. The molecule has 3 rings (SSSR count). The van der Waals surface area contributed by atoms with E-state index in [0.29, 0.717) is 6.54 Å². The van der Waals surface area contributed by atoms with Crippen molar-refractivity contribution in [3.05, 3.63) is 47.9 Å². The average molecular weight is 415 g/mol. The van der Waals surface area contributed by atoms with Crippen molar-refractivity contribution in [3.63, 3.8) is 0 Å². The molecule has 1 aromatic carbocycles. The molecule has 1 aliphatic heterocycles. The lowest BCUT2D eigenvalue weighted by molar-refractivity contribution is 0.221. The summed E-state index contributed by atoms with van der Waals surface area (Å²) in [5.41, 5.74) is 1.18. The number of benzene rings is 1. The first kappa shape index (κ1) is 22.0. The quantitative estimate of drug-likeness (QED) is 0.459. The molecule has 164 valence electrons. The first-order valence-electron chi connectivity index (χ1n) is 10.8. The van der Waals surface area contributed by atoms with Crippen molar-refractivity contribution < 1.29 is 13.9 Å². The fourth-order valence-electron chi connectivity index (χ4n) is 3.80. The Morgan fingerprint density at radius 3 is 2.60 bits per heavy atom. The summed E-state index contributed by atoms with van der Waals surface area (Å²) in [5.74, 6) is 3.31. The van der Waals surface area contributed by atoms with Gasteiger partial charge in [0, 0.05) is 13.1 Å². The molecule has 2 aromatic rings. The van der Waals surface area contributed by atoms with Gasteiger partial charge < -0.3 is 24.5 Å². The molecule has 2 heterocycles. The zero-order valence-corrected chi connectivity index (χ0v) is 18.3. The third-order valence-electron chi connectivity index (χ3n) is 5.37. The molecule has 0 amide bonds. The zero-order valence-electron chi connectivity index (χ0n) is 18.3. The monoisotopic (exact) mass is 414 g/mol. The second kappa shape index (κ2) is 11.5. The summed E-state index contributed by atoms with van der Waals surface area (Å²) >= 11 is 0. The first-order chi connectivity index (χ1) is 14.7. The standard InChI is InChI=1S/C23H34N4O3/c1-4-24-23(25-12-11-18-9-10-21(28-2)22(16-18)29-3)26-17-19(20-8-7-15-30-20)27-13-5-6-14-27/h7-10,15-16,19H,4-6,11-14,17H2,1-3H3,(H2,24,25,26). The third kappa shape index (κ3) is 5.92. The smallest absolute Gasteiger partial charge is 0.191 e. The summed E-state index contributed by atoms with van der Waals surface area (Å²) in [6.07, 6.45) is 5.09. The van der Waals surface area contributed by atoms with E-state index >= 15 is 0 Å². The van der Waals surface area contributed by atoms with Crippen LogP contribution in [-0.2, 0) is 6.42 Å². The van der Waals surface area contributed by atoms with Crippen LogP contribution < -0.4 is 20.1 Å². The summed E-state index contributed by atoms with van der Waals surface area (Å²) in [5, 5.41) is 6.79. The van der Waals surface area contributed by atoms with Crippen LogP contribution in [0.4, 0.5) is 0 Å². The fourth-order valence-corrected chi connectivity index (χ4v) is 3.80. The molecule has 7 heteroatoms. The maximum atomic E-state index is 5.71. The van der Waals surface area contributed by atoms with E-state index in [0.717, 1.165) is 55.8 Å². The normalized spacial score (nSPS) is 15.8. The van der Waals surface area contributed by atoms with Gasteiger partial charge in [-0.15, -0.1) is 0 Å². The summed E-state index contributed by atoms with van der Waals surface area (Å²) in [4.78, 5) is 7.32. The Morgan fingerprint density at radius 2 is 1.93 bits per heavy atom. The van der Waals surface area contributed by atoms with Crippen LogP contribution in [0.1, 0.15) is 37.1 Å². The Labute approximate surface area is 179 Å². The van der Waals surface area contributed by atoms with Crippen molar-refractivity contribution in [1.82, 2.24) is 15.5 Å². The van der Waals surface area contributed by atoms with Crippen molar-refractivity contribution in [2.24, 2.45) is 4.99 Å². The molecule has 1 unspecified atom stereocenters. The molecule has 1 atom stereocenters. The second-order valence-corrected chi connectivity index (χ2v) is 7.36. The molecule has 0 radical (unpaired) electrons. The lowest BCUT2D eigenvalue weighted by Crippen LogP contribution is -2.39. The number of methoxy groups -OCH3 is 2. The zero-order chi connectivity index (χ0) is 21.2. The molecule has 1 aliphatic rings. The van der Waals surface area contributed by atoms with Crippen LogP contribution in [0, 0.1) is 0 Å². The molecule has 0 spiro atoms. The maximum absolute atomic E-state index is 5.71. The van der Waals surface area contributed by atoms with E-state index in [4.69, 9.17) is 18.9 Å². The number of likely N-dealkylation sites (tertiary alicyclic amines) is 1. The van der Waals surface area contributed by atoms with Gasteiger partial charge in [-0.25, -0.2) is 0 Å². The Morgan fingerprint density at radius 1 is 1.13 bits per heavy atom. The highest BCUT2D eigenvalue weighted by molar-refractivity contribution is 5.79. The van der Waals surface area contributed by atoms with Crippen molar-refractivity contribution in [1.29, 1.82) is 0 Å². The van der Waals surface area contributed by atoms with E-state index in [9.17, 15) is 0 Å².